The van der Waals surface area contributed by atoms with Gasteiger partial charge in [0, 0.05) is 35.2 Å². The van der Waals surface area contributed by atoms with E-state index < -0.39 is 0 Å². The minimum atomic E-state index is -0.328. The first-order valence-electron chi connectivity index (χ1n) is 8.65. The molecule has 1 N–H and O–H groups in total. The smallest absolute Gasteiger partial charge is 0.237 e. The second-order valence-electron chi connectivity index (χ2n) is 5.95. The summed E-state index contributed by atoms with van der Waals surface area (Å²) in [6.07, 6.45) is 4.40. The lowest BCUT2D eigenvalue weighted by Gasteiger charge is -2.13. The number of nitrogens with zero attached hydrogens (tertiary/aromatic N) is 4. The van der Waals surface area contributed by atoms with Crippen molar-refractivity contribution in [2.24, 2.45) is 0 Å². The molecule has 0 unspecified atom stereocenters. The SMILES string of the molecule is CCCn1c(S[C@H](C)C(=O)Nc2ccc(Cl)cc2)nnc1-c1ccncc1. The fourth-order valence-electron chi connectivity index (χ4n) is 2.50. The zero-order valence-corrected chi connectivity index (χ0v) is 16.7. The molecule has 0 spiro atoms. The summed E-state index contributed by atoms with van der Waals surface area (Å²) in [6.45, 7) is 4.73. The highest BCUT2D eigenvalue weighted by Gasteiger charge is 2.20. The van der Waals surface area contributed by atoms with Crippen LogP contribution in [-0.4, -0.2) is 30.9 Å². The third kappa shape index (κ3) is 4.87. The lowest BCUT2D eigenvalue weighted by Crippen LogP contribution is -2.23. The molecule has 1 atom stereocenters. The summed E-state index contributed by atoms with van der Waals surface area (Å²) in [7, 11) is 0. The molecule has 3 rings (SSSR count). The molecule has 0 aliphatic rings. The van der Waals surface area contributed by atoms with Gasteiger partial charge < -0.3 is 9.88 Å². The van der Waals surface area contributed by atoms with Gasteiger partial charge in [0.1, 0.15) is 0 Å². The Hall–Kier alpha value is -2.38. The van der Waals surface area contributed by atoms with E-state index in [9.17, 15) is 4.79 Å². The van der Waals surface area contributed by atoms with Crippen molar-refractivity contribution >= 4 is 35.0 Å². The van der Waals surface area contributed by atoms with Crippen molar-refractivity contribution in [1.29, 1.82) is 0 Å². The number of rotatable bonds is 7. The van der Waals surface area contributed by atoms with Gasteiger partial charge >= 0.3 is 0 Å². The fraction of sp³-hybridized carbons (Fsp3) is 0.263. The molecule has 0 aliphatic heterocycles. The van der Waals surface area contributed by atoms with Crippen molar-refractivity contribution in [3.8, 4) is 11.4 Å². The molecule has 27 heavy (non-hydrogen) atoms. The van der Waals surface area contributed by atoms with Crippen molar-refractivity contribution in [2.75, 3.05) is 5.32 Å². The third-order valence-corrected chi connectivity index (χ3v) is 5.20. The predicted molar refractivity (Wildman–Crippen MR) is 109 cm³/mol. The number of benzene rings is 1. The third-order valence-electron chi connectivity index (χ3n) is 3.87. The quantitative estimate of drug-likeness (QED) is 0.589. The zero-order valence-electron chi connectivity index (χ0n) is 15.1. The number of aromatic nitrogens is 4. The molecule has 8 heteroatoms. The van der Waals surface area contributed by atoms with Gasteiger partial charge in [-0.3, -0.25) is 9.78 Å². The van der Waals surface area contributed by atoms with E-state index in [-0.39, 0.29) is 11.2 Å². The highest BCUT2D eigenvalue weighted by Crippen LogP contribution is 2.27. The second kappa shape index (κ2) is 9.01. The van der Waals surface area contributed by atoms with Gasteiger partial charge in [-0.1, -0.05) is 30.3 Å². The summed E-state index contributed by atoms with van der Waals surface area (Å²) >= 11 is 7.27. The first-order valence-corrected chi connectivity index (χ1v) is 9.91. The summed E-state index contributed by atoms with van der Waals surface area (Å²) < 4.78 is 2.05. The number of thioether (sulfide) groups is 1. The minimum absolute atomic E-state index is 0.0983. The lowest BCUT2D eigenvalue weighted by atomic mass is 10.2. The Kier molecular flexibility index (Phi) is 6.47. The molecule has 6 nitrogen and oxygen atoms in total. The van der Waals surface area contributed by atoms with E-state index >= 15 is 0 Å². The number of carbonyl (C=O) groups is 1. The molecule has 2 heterocycles. The molecular formula is C19H20ClN5OS. The van der Waals surface area contributed by atoms with Gasteiger partial charge in [0.25, 0.3) is 0 Å². The number of anilines is 1. The first-order chi connectivity index (χ1) is 13.1. The average Bonchev–Trinajstić information content (AvgIpc) is 3.07. The van der Waals surface area contributed by atoms with Crippen molar-refractivity contribution in [3.05, 3.63) is 53.8 Å². The topological polar surface area (TPSA) is 72.7 Å². The lowest BCUT2D eigenvalue weighted by molar-refractivity contribution is -0.115. The van der Waals surface area contributed by atoms with E-state index in [1.165, 1.54) is 11.8 Å². The van der Waals surface area contributed by atoms with Gasteiger partial charge in [0.15, 0.2) is 11.0 Å². The number of halogens is 1. The average molecular weight is 402 g/mol. The van der Waals surface area contributed by atoms with Crippen LogP contribution in [0.1, 0.15) is 20.3 Å². The second-order valence-corrected chi connectivity index (χ2v) is 7.69. The fourth-order valence-corrected chi connectivity index (χ4v) is 3.51. The standard InChI is InChI=1S/C19H20ClN5OS/c1-3-12-25-17(14-8-10-21-11-9-14)23-24-19(25)27-13(2)18(26)22-16-6-4-15(20)5-7-16/h4-11,13H,3,12H2,1-2H3,(H,22,26)/t13-/m1/s1. The van der Waals surface area contributed by atoms with Gasteiger partial charge in [-0.25, -0.2) is 0 Å². The molecule has 1 amide bonds. The van der Waals surface area contributed by atoms with Crippen molar-refractivity contribution in [2.45, 2.75) is 37.2 Å². The normalized spacial score (nSPS) is 12.0. The Morgan fingerprint density at radius 1 is 1.19 bits per heavy atom. The van der Waals surface area contributed by atoms with Crippen LogP contribution in [0.25, 0.3) is 11.4 Å². The van der Waals surface area contributed by atoms with E-state index in [0.717, 1.165) is 29.5 Å². The van der Waals surface area contributed by atoms with Crippen LogP contribution in [0.2, 0.25) is 5.02 Å². The van der Waals surface area contributed by atoms with E-state index in [4.69, 9.17) is 11.6 Å². The Labute approximate surface area is 167 Å². The van der Waals surface area contributed by atoms with Gasteiger partial charge in [0.2, 0.25) is 5.91 Å². The summed E-state index contributed by atoms with van der Waals surface area (Å²) in [5, 5.41) is 12.6. The molecule has 140 valence electrons. The number of nitrogens with one attached hydrogen (secondary N) is 1. The van der Waals surface area contributed by atoms with E-state index in [1.54, 1.807) is 36.7 Å². The minimum Gasteiger partial charge on any atom is -0.325 e. The van der Waals surface area contributed by atoms with Crippen LogP contribution in [-0.2, 0) is 11.3 Å². The molecule has 0 radical (unpaired) electrons. The van der Waals surface area contributed by atoms with Crippen LogP contribution in [0, 0.1) is 0 Å². The predicted octanol–water partition coefficient (Wildman–Crippen LogP) is 4.52. The van der Waals surface area contributed by atoms with Gasteiger partial charge in [-0.15, -0.1) is 10.2 Å². The zero-order chi connectivity index (χ0) is 19.2. The summed E-state index contributed by atoms with van der Waals surface area (Å²) in [4.78, 5) is 16.6. The largest absolute Gasteiger partial charge is 0.325 e. The van der Waals surface area contributed by atoms with Crippen molar-refractivity contribution < 1.29 is 4.79 Å². The van der Waals surface area contributed by atoms with Gasteiger partial charge in [-0.05, 0) is 49.7 Å². The van der Waals surface area contributed by atoms with Crippen molar-refractivity contribution in [3.63, 3.8) is 0 Å². The van der Waals surface area contributed by atoms with Gasteiger partial charge in [0.05, 0.1) is 5.25 Å². The number of carbonyl (C=O) groups excluding carboxylic acids is 1. The maximum Gasteiger partial charge on any atom is 0.237 e. The number of hydrogen-bond donors (Lipinski definition) is 1. The highest BCUT2D eigenvalue weighted by atomic mass is 35.5. The maximum atomic E-state index is 12.5. The van der Waals surface area contributed by atoms with Crippen LogP contribution in [0.15, 0.2) is 53.9 Å². The maximum absolute atomic E-state index is 12.5. The molecule has 1 aromatic carbocycles. The molecule has 0 aliphatic carbocycles. The molecule has 0 saturated heterocycles. The van der Waals surface area contributed by atoms with Crippen LogP contribution >= 0.6 is 23.4 Å². The van der Waals surface area contributed by atoms with E-state index in [1.807, 2.05) is 23.6 Å². The number of amides is 1. The Bertz CT molecular complexity index is 898. The van der Waals surface area contributed by atoms with E-state index in [2.05, 4.69) is 27.4 Å². The van der Waals surface area contributed by atoms with Crippen LogP contribution in [0.4, 0.5) is 5.69 Å². The first kappa shape index (κ1) is 19.4. The Morgan fingerprint density at radius 2 is 1.89 bits per heavy atom. The summed E-state index contributed by atoms with van der Waals surface area (Å²) in [5.74, 6) is 0.686. The molecule has 0 saturated carbocycles. The van der Waals surface area contributed by atoms with Crippen LogP contribution in [0.5, 0.6) is 0 Å². The van der Waals surface area contributed by atoms with Crippen LogP contribution < -0.4 is 5.32 Å². The highest BCUT2D eigenvalue weighted by molar-refractivity contribution is 8.00. The Morgan fingerprint density at radius 3 is 2.56 bits per heavy atom. The monoisotopic (exact) mass is 401 g/mol. The summed E-state index contributed by atoms with van der Waals surface area (Å²) in [5.41, 5.74) is 1.67. The summed E-state index contributed by atoms with van der Waals surface area (Å²) in [6, 6.07) is 10.8. The van der Waals surface area contributed by atoms with E-state index in [0.29, 0.717) is 10.7 Å². The molecule has 3 aromatic rings. The molecule has 0 bridgehead atoms. The van der Waals surface area contributed by atoms with Crippen LogP contribution in [0.3, 0.4) is 0 Å². The Balaban J connectivity index is 1.75. The van der Waals surface area contributed by atoms with Crippen molar-refractivity contribution in [1.82, 2.24) is 19.7 Å². The van der Waals surface area contributed by atoms with Gasteiger partial charge in [-0.2, -0.15) is 0 Å². The molecular weight excluding hydrogens is 382 g/mol. The molecule has 0 fully saturated rings. The molecule has 2 aromatic heterocycles. The number of pyridine rings is 1. The number of hydrogen-bond acceptors (Lipinski definition) is 5.